The van der Waals surface area contributed by atoms with Crippen LogP contribution in [0.4, 0.5) is 5.69 Å². The summed E-state index contributed by atoms with van der Waals surface area (Å²) in [5, 5.41) is 13.6. The first kappa shape index (κ1) is 18.2. The number of benzene rings is 1. The number of carbonyl (C=O) groups is 2. The number of hydrogen-bond acceptors (Lipinski definition) is 4. The number of hydrogen-bond donors (Lipinski definition) is 1. The maximum atomic E-state index is 12.8. The molecule has 1 fully saturated rings. The van der Waals surface area contributed by atoms with E-state index in [0.717, 1.165) is 16.1 Å². The van der Waals surface area contributed by atoms with E-state index < -0.39 is 5.92 Å². The zero-order valence-corrected chi connectivity index (χ0v) is 15.6. The van der Waals surface area contributed by atoms with Crippen molar-refractivity contribution < 1.29 is 9.59 Å². The summed E-state index contributed by atoms with van der Waals surface area (Å²) in [6.45, 7) is 3.80. The van der Waals surface area contributed by atoms with Crippen molar-refractivity contribution >= 4 is 28.8 Å². The maximum absolute atomic E-state index is 12.8. The van der Waals surface area contributed by atoms with Gasteiger partial charge in [-0.25, -0.2) is 0 Å². The fourth-order valence-electron chi connectivity index (χ4n) is 3.30. The van der Waals surface area contributed by atoms with Gasteiger partial charge in [-0.3, -0.25) is 9.59 Å². The van der Waals surface area contributed by atoms with Crippen molar-refractivity contribution in [3.05, 3.63) is 52.2 Å². The number of thiophene rings is 1. The van der Waals surface area contributed by atoms with Crippen molar-refractivity contribution in [3.63, 3.8) is 0 Å². The second-order valence-corrected chi connectivity index (χ2v) is 7.62. The molecule has 6 heteroatoms. The first-order valence-electron chi connectivity index (χ1n) is 8.60. The molecule has 1 aliphatic heterocycles. The Bertz CT molecular complexity index is 824. The standard InChI is InChI=1S/C20H21N3O2S/c1-13-5-7-15(8-6-13)23-18(24)12-16(19(23)17-4-3-11-26-17)20(25)22-14(2)9-10-21/h3-8,11,14,16,19H,9,12H2,1-2H3,(H,22,25)/t14-,16-,19+/m0/s1. The van der Waals surface area contributed by atoms with Gasteiger partial charge in [-0.1, -0.05) is 23.8 Å². The van der Waals surface area contributed by atoms with Gasteiger partial charge in [-0.05, 0) is 37.4 Å². The van der Waals surface area contributed by atoms with E-state index in [0.29, 0.717) is 0 Å². The molecule has 2 heterocycles. The highest BCUT2D eigenvalue weighted by Gasteiger charge is 2.45. The highest BCUT2D eigenvalue weighted by molar-refractivity contribution is 7.10. The predicted molar refractivity (Wildman–Crippen MR) is 102 cm³/mol. The molecule has 1 N–H and O–H groups in total. The molecule has 0 aliphatic carbocycles. The first-order valence-corrected chi connectivity index (χ1v) is 9.48. The van der Waals surface area contributed by atoms with Gasteiger partial charge in [0, 0.05) is 23.0 Å². The van der Waals surface area contributed by atoms with Crippen molar-refractivity contribution in [1.82, 2.24) is 5.32 Å². The van der Waals surface area contributed by atoms with Gasteiger partial charge in [0.05, 0.1) is 24.4 Å². The van der Waals surface area contributed by atoms with Gasteiger partial charge in [-0.15, -0.1) is 11.3 Å². The van der Waals surface area contributed by atoms with Gasteiger partial charge in [0.15, 0.2) is 0 Å². The summed E-state index contributed by atoms with van der Waals surface area (Å²) in [6, 6.07) is 13.2. The van der Waals surface area contributed by atoms with Crippen molar-refractivity contribution in [2.75, 3.05) is 4.90 Å². The van der Waals surface area contributed by atoms with E-state index in [2.05, 4.69) is 11.4 Å². The quantitative estimate of drug-likeness (QED) is 0.878. The molecule has 1 aromatic carbocycles. The third kappa shape index (κ3) is 3.63. The number of nitriles is 1. The van der Waals surface area contributed by atoms with Crippen molar-refractivity contribution in [1.29, 1.82) is 5.26 Å². The van der Waals surface area contributed by atoms with E-state index in [1.807, 2.05) is 48.7 Å². The van der Waals surface area contributed by atoms with Crippen LogP contribution in [-0.4, -0.2) is 17.9 Å². The lowest BCUT2D eigenvalue weighted by atomic mass is 9.97. The Morgan fingerprint density at radius 2 is 2.12 bits per heavy atom. The summed E-state index contributed by atoms with van der Waals surface area (Å²) in [6.07, 6.45) is 0.416. The normalized spacial score (nSPS) is 20.7. The lowest BCUT2D eigenvalue weighted by Gasteiger charge is -2.27. The minimum Gasteiger partial charge on any atom is -0.352 e. The Hall–Kier alpha value is -2.65. The van der Waals surface area contributed by atoms with Gasteiger partial charge in [0.2, 0.25) is 11.8 Å². The molecule has 134 valence electrons. The molecule has 0 spiro atoms. The molecular formula is C20H21N3O2S. The average molecular weight is 367 g/mol. The van der Waals surface area contributed by atoms with Crippen LogP contribution in [0.25, 0.3) is 0 Å². The predicted octanol–water partition coefficient (Wildman–Crippen LogP) is 3.57. The van der Waals surface area contributed by atoms with E-state index in [1.54, 1.807) is 23.2 Å². The maximum Gasteiger partial charge on any atom is 0.228 e. The average Bonchev–Trinajstić information content (AvgIpc) is 3.23. The SMILES string of the molecule is Cc1ccc(N2C(=O)C[C@H](C(=O)N[C@@H](C)CC#N)[C@@H]2c2cccs2)cc1. The Morgan fingerprint density at radius 1 is 1.38 bits per heavy atom. The number of amides is 2. The van der Waals surface area contributed by atoms with Gasteiger partial charge in [-0.2, -0.15) is 5.26 Å². The molecule has 2 amide bonds. The van der Waals surface area contributed by atoms with E-state index in [9.17, 15) is 9.59 Å². The number of anilines is 1. The summed E-state index contributed by atoms with van der Waals surface area (Å²) in [5.74, 6) is -0.696. The van der Waals surface area contributed by atoms with Crippen LogP contribution in [0.15, 0.2) is 41.8 Å². The second kappa shape index (κ2) is 7.71. The van der Waals surface area contributed by atoms with Crippen LogP contribution in [0.3, 0.4) is 0 Å². The Labute approximate surface area is 157 Å². The van der Waals surface area contributed by atoms with Gasteiger partial charge in [0.1, 0.15) is 0 Å². The summed E-state index contributed by atoms with van der Waals surface area (Å²) >= 11 is 1.55. The number of rotatable bonds is 5. The van der Waals surface area contributed by atoms with Crippen LogP contribution >= 0.6 is 11.3 Å². The molecule has 1 saturated heterocycles. The molecule has 2 aromatic rings. The third-order valence-corrected chi connectivity index (χ3v) is 5.54. The minimum atomic E-state index is -0.469. The molecule has 0 bridgehead atoms. The summed E-state index contributed by atoms with van der Waals surface area (Å²) in [5.41, 5.74) is 1.92. The van der Waals surface area contributed by atoms with Crippen LogP contribution in [0.1, 0.15) is 36.2 Å². The van der Waals surface area contributed by atoms with Gasteiger partial charge < -0.3 is 10.2 Å². The molecule has 0 unspecified atom stereocenters. The lowest BCUT2D eigenvalue weighted by Crippen LogP contribution is -2.39. The summed E-state index contributed by atoms with van der Waals surface area (Å²) < 4.78 is 0. The Balaban J connectivity index is 1.93. The fraction of sp³-hybridized carbons (Fsp3) is 0.350. The van der Waals surface area contributed by atoms with Crippen LogP contribution in [0.2, 0.25) is 0 Å². The highest BCUT2D eigenvalue weighted by Crippen LogP contribution is 2.43. The molecule has 1 aliphatic rings. The molecule has 1 aromatic heterocycles. The smallest absolute Gasteiger partial charge is 0.228 e. The van der Waals surface area contributed by atoms with E-state index in [1.165, 1.54) is 0 Å². The third-order valence-electron chi connectivity index (χ3n) is 4.59. The molecular weight excluding hydrogens is 346 g/mol. The van der Waals surface area contributed by atoms with Crippen molar-refractivity contribution in [3.8, 4) is 6.07 Å². The number of aryl methyl sites for hydroxylation is 1. The number of nitrogens with zero attached hydrogens (tertiary/aromatic N) is 2. The minimum absolute atomic E-state index is 0.0552. The fourth-order valence-corrected chi connectivity index (χ4v) is 4.18. The van der Waals surface area contributed by atoms with E-state index in [-0.39, 0.29) is 36.7 Å². The molecule has 26 heavy (non-hydrogen) atoms. The lowest BCUT2D eigenvalue weighted by molar-refractivity contribution is -0.127. The monoisotopic (exact) mass is 367 g/mol. The van der Waals surface area contributed by atoms with Crippen molar-refractivity contribution in [2.45, 2.75) is 38.8 Å². The summed E-state index contributed by atoms with van der Waals surface area (Å²) in [4.78, 5) is 28.3. The first-order chi connectivity index (χ1) is 12.5. The Morgan fingerprint density at radius 3 is 2.73 bits per heavy atom. The molecule has 3 atom stereocenters. The number of nitrogens with one attached hydrogen (secondary N) is 1. The van der Waals surface area contributed by atoms with Crippen LogP contribution in [0.5, 0.6) is 0 Å². The number of carbonyl (C=O) groups excluding carboxylic acids is 2. The zero-order chi connectivity index (χ0) is 18.7. The van der Waals surface area contributed by atoms with Crippen LogP contribution in [-0.2, 0) is 9.59 Å². The van der Waals surface area contributed by atoms with E-state index >= 15 is 0 Å². The van der Waals surface area contributed by atoms with Crippen LogP contribution < -0.4 is 10.2 Å². The largest absolute Gasteiger partial charge is 0.352 e. The zero-order valence-electron chi connectivity index (χ0n) is 14.8. The molecule has 5 nitrogen and oxygen atoms in total. The van der Waals surface area contributed by atoms with Crippen LogP contribution in [0, 0.1) is 24.2 Å². The topological polar surface area (TPSA) is 73.2 Å². The second-order valence-electron chi connectivity index (χ2n) is 6.64. The molecule has 0 radical (unpaired) electrons. The van der Waals surface area contributed by atoms with Gasteiger partial charge in [0.25, 0.3) is 0 Å². The van der Waals surface area contributed by atoms with Crippen molar-refractivity contribution in [2.24, 2.45) is 5.92 Å². The van der Waals surface area contributed by atoms with Gasteiger partial charge >= 0.3 is 0 Å². The molecule has 0 saturated carbocycles. The summed E-state index contributed by atoms with van der Waals surface area (Å²) in [7, 11) is 0. The Kier molecular flexibility index (Phi) is 5.38. The highest BCUT2D eigenvalue weighted by atomic mass is 32.1. The molecule has 3 rings (SSSR count). The van der Waals surface area contributed by atoms with E-state index in [4.69, 9.17) is 5.26 Å².